The number of hydrogen-bond acceptors (Lipinski definition) is 6. The van der Waals surface area contributed by atoms with Crippen molar-refractivity contribution in [3.8, 4) is 11.4 Å². The molecule has 0 spiro atoms. The Hall–Kier alpha value is -1.84. The van der Waals surface area contributed by atoms with Crippen LogP contribution in [0.3, 0.4) is 0 Å². The van der Waals surface area contributed by atoms with Crippen molar-refractivity contribution in [1.29, 1.82) is 0 Å². The molecule has 0 bridgehead atoms. The van der Waals surface area contributed by atoms with Crippen molar-refractivity contribution in [1.82, 2.24) is 20.5 Å². The molecule has 0 unspecified atom stereocenters. The van der Waals surface area contributed by atoms with Gasteiger partial charge < -0.3 is 5.32 Å². The van der Waals surface area contributed by atoms with Gasteiger partial charge in [0, 0.05) is 22.9 Å². The first-order valence-electron chi connectivity index (χ1n) is 7.89. The molecular weight excluding hydrogens is 391 g/mol. The predicted molar refractivity (Wildman–Crippen MR) is 106 cm³/mol. The van der Waals surface area contributed by atoms with Gasteiger partial charge in [0.25, 0.3) is 0 Å². The van der Waals surface area contributed by atoms with E-state index in [2.05, 4.69) is 31.9 Å². The fraction of sp³-hybridized carbons (Fsp3) is 0.235. The lowest BCUT2D eigenvalue weighted by molar-refractivity contribution is -0.118. The first-order chi connectivity index (χ1) is 12.7. The van der Waals surface area contributed by atoms with Crippen LogP contribution in [-0.4, -0.2) is 39.1 Å². The highest BCUT2D eigenvalue weighted by Gasteiger charge is 2.11. The molecule has 0 aliphatic rings. The number of benzene rings is 1. The molecule has 136 valence electrons. The van der Waals surface area contributed by atoms with Gasteiger partial charge in [0.1, 0.15) is 5.82 Å². The van der Waals surface area contributed by atoms with Gasteiger partial charge in [-0.2, -0.15) is 11.8 Å². The highest BCUT2D eigenvalue weighted by molar-refractivity contribution is 7.99. The predicted octanol–water partition coefficient (Wildman–Crippen LogP) is 3.81. The lowest BCUT2D eigenvalue weighted by Crippen LogP contribution is -2.27. The number of H-pyrrole nitrogens is 1. The summed E-state index contributed by atoms with van der Waals surface area (Å²) in [6.07, 6.45) is 0. The summed E-state index contributed by atoms with van der Waals surface area (Å²) in [6.45, 7) is 0.629. The maximum absolute atomic E-state index is 13.7. The second-order valence-corrected chi connectivity index (χ2v) is 8.30. The molecule has 0 radical (unpaired) electrons. The summed E-state index contributed by atoms with van der Waals surface area (Å²) in [4.78, 5) is 17.4. The van der Waals surface area contributed by atoms with Gasteiger partial charge in [-0.1, -0.05) is 30.0 Å². The molecular formula is C17H17FN4OS3. The Kier molecular flexibility index (Phi) is 7.10. The van der Waals surface area contributed by atoms with Gasteiger partial charge in [-0.05, 0) is 23.6 Å². The summed E-state index contributed by atoms with van der Waals surface area (Å²) < 4.78 is 13.7. The fourth-order valence-corrected chi connectivity index (χ4v) is 4.42. The summed E-state index contributed by atoms with van der Waals surface area (Å²) in [5.74, 6) is 1.99. The largest absolute Gasteiger partial charge is 0.355 e. The number of rotatable bonds is 9. The van der Waals surface area contributed by atoms with Gasteiger partial charge in [0.2, 0.25) is 11.1 Å². The molecule has 3 rings (SSSR count). The Morgan fingerprint density at radius 3 is 2.96 bits per heavy atom. The first kappa shape index (κ1) is 18.9. The van der Waals surface area contributed by atoms with Crippen molar-refractivity contribution in [2.75, 3.05) is 18.1 Å². The van der Waals surface area contributed by atoms with Gasteiger partial charge in [0.15, 0.2) is 5.82 Å². The second kappa shape index (κ2) is 9.75. The van der Waals surface area contributed by atoms with E-state index in [4.69, 9.17) is 0 Å². The van der Waals surface area contributed by atoms with Crippen molar-refractivity contribution in [2.24, 2.45) is 0 Å². The molecule has 9 heteroatoms. The molecule has 0 atom stereocenters. The molecule has 1 aromatic carbocycles. The van der Waals surface area contributed by atoms with Crippen LogP contribution >= 0.6 is 34.9 Å². The molecule has 0 saturated carbocycles. The molecule has 26 heavy (non-hydrogen) atoms. The van der Waals surface area contributed by atoms with Crippen LogP contribution in [0.4, 0.5) is 4.39 Å². The van der Waals surface area contributed by atoms with E-state index in [1.54, 1.807) is 41.3 Å². The molecule has 0 fully saturated rings. The zero-order valence-electron chi connectivity index (χ0n) is 13.8. The van der Waals surface area contributed by atoms with Crippen LogP contribution < -0.4 is 5.32 Å². The Labute approximate surface area is 163 Å². The van der Waals surface area contributed by atoms with Crippen LogP contribution in [0.1, 0.15) is 4.88 Å². The standard InChI is InChI=1S/C17H17FN4OS3/c18-14-6-2-1-5-13(14)16-20-17(22-21-16)26-11-15(23)19-7-9-24-10-12-4-3-8-25-12/h1-6,8H,7,9-11H2,(H,19,23)(H,20,21,22). The number of aromatic nitrogens is 3. The normalized spacial score (nSPS) is 10.8. The van der Waals surface area contributed by atoms with Crippen LogP contribution in [0.15, 0.2) is 46.9 Å². The molecule has 2 N–H and O–H groups in total. The van der Waals surface area contributed by atoms with E-state index in [9.17, 15) is 9.18 Å². The minimum Gasteiger partial charge on any atom is -0.355 e. The lowest BCUT2D eigenvalue weighted by atomic mass is 10.2. The highest BCUT2D eigenvalue weighted by Crippen LogP contribution is 2.21. The maximum Gasteiger partial charge on any atom is 0.230 e. The van der Waals surface area contributed by atoms with Crippen LogP contribution in [0.5, 0.6) is 0 Å². The number of thiophene rings is 1. The summed E-state index contributed by atoms with van der Waals surface area (Å²) in [5.41, 5.74) is 0.360. The molecule has 1 amide bonds. The summed E-state index contributed by atoms with van der Waals surface area (Å²) in [7, 11) is 0. The van der Waals surface area contributed by atoms with E-state index in [1.165, 1.54) is 22.7 Å². The van der Waals surface area contributed by atoms with E-state index in [1.807, 2.05) is 6.07 Å². The number of nitrogens with zero attached hydrogens (tertiary/aromatic N) is 2. The summed E-state index contributed by atoms with van der Waals surface area (Å²) >= 11 is 4.75. The second-order valence-electron chi connectivity index (χ2n) is 5.22. The van der Waals surface area contributed by atoms with Gasteiger partial charge in [-0.15, -0.1) is 16.4 Å². The average molecular weight is 409 g/mol. The Morgan fingerprint density at radius 1 is 1.27 bits per heavy atom. The SMILES string of the molecule is O=C(CSc1n[nH]c(-c2ccccc2F)n1)NCCSCc1cccs1. The number of carbonyl (C=O) groups is 1. The van der Waals surface area contributed by atoms with Crippen LogP contribution in [0.2, 0.25) is 0 Å². The van der Waals surface area contributed by atoms with E-state index in [0.29, 0.717) is 23.1 Å². The molecule has 0 aliphatic carbocycles. The highest BCUT2D eigenvalue weighted by atomic mass is 32.2. The smallest absolute Gasteiger partial charge is 0.230 e. The zero-order valence-corrected chi connectivity index (χ0v) is 16.2. The molecule has 0 aliphatic heterocycles. The number of amides is 1. The van der Waals surface area contributed by atoms with E-state index in [-0.39, 0.29) is 17.5 Å². The number of aromatic amines is 1. The lowest BCUT2D eigenvalue weighted by Gasteiger charge is -2.03. The fourth-order valence-electron chi connectivity index (χ4n) is 2.10. The molecule has 2 heterocycles. The van der Waals surface area contributed by atoms with Gasteiger partial charge >= 0.3 is 0 Å². The molecule has 3 aromatic rings. The van der Waals surface area contributed by atoms with E-state index >= 15 is 0 Å². The number of hydrogen-bond donors (Lipinski definition) is 2. The summed E-state index contributed by atoms with van der Waals surface area (Å²) in [6, 6.07) is 10.5. The van der Waals surface area contributed by atoms with E-state index < -0.39 is 0 Å². The van der Waals surface area contributed by atoms with Crippen LogP contribution in [-0.2, 0) is 10.5 Å². The minimum absolute atomic E-state index is 0.0658. The number of halogens is 1. The van der Waals surface area contributed by atoms with Crippen molar-refractivity contribution in [3.05, 3.63) is 52.5 Å². The maximum atomic E-state index is 13.7. The molecule has 0 saturated heterocycles. The molecule has 5 nitrogen and oxygen atoms in total. The third kappa shape index (κ3) is 5.58. The monoisotopic (exact) mass is 408 g/mol. The Bertz CT molecular complexity index is 838. The Morgan fingerprint density at radius 2 is 2.15 bits per heavy atom. The minimum atomic E-state index is -0.363. The van der Waals surface area contributed by atoms with Crippen LogP contribution in [0, 0.1) is 5.82 Å². The van der Waals surface area contributed by atoms with E-state index in [0.717, 1.165) is 11.5 Å². The van der Waals surface area contributed by atoms with Gasteiger partial charge in [0.05, 0.1) is 11.3 Å². The number of thioether (sulfide) groups is 2. The Balaban J connectivity index is 1.36. The summed E-state index contributed by atoms with van der Waals surface area (Å²) in [5, 5.41) is 12.1. The van der Waals surface area contributed by atoms with Crippen molar-refractivity contribution >= 4 is 40.8 Å². The number of nitrogens with one attached hydrogen (secondary N) is 2. The van der Waals surface area contributed by atoms with Gasteiger partial charge in [-0.3, -0.25) is 9.89 Å². The number of carbonyl (C=O) groups excluding carboxylic acids is 1. The zero-order chi connectivity index (χ0) is 18.2. The average Bonchev–Trinajstić information content (AvgIpc) is 3.32. The van der Waals surface area contributed by atoms with Crippen LogP contribution in [0.25, 0.3) is 11.4 Å². The van der Waals surface area contributed by atoms with Gasteiger partial charge in [-0.25, -0.2) is 9.37 Å². The topological polar surface area (TPSA) is 70.7 Å². The third-order valence-corrected chi connectivity index (χ3v) is 6.23. The first-order valence-corrected chi connectivity index (χ1v) is 10.9. The molecule has 2 aromatic heterocycles. The van der Waals surface area contributed by atoms with Crippen molar-refractivity contribution in [2.45, 2.75) is 10.9 Å². The quantitative estimate of drug-likeness (QED) is 0.416. The van der Waals surface area contributed by atoms with Crippen molar-refractivity contribution in [3.63, 3.8) is 0 Å². The third-order valence-electron chi connectivity index (χ3n) is 3.32. The van der Waals surface area contributed by atoms with Crippen molar-refractivity contribution < 1.29 is 9.18 Å².